The number of ether oxygens (including phenoxy) is 1. The number of rotatable bonds is 5. The molecule has 0 saturated heterocycles. The number of para-hydroxylation sites is 1. The summed E-state index contributed by atoms with van der Waals surface area (Å²) in [5.41, 5.74) is 4.20. The largest absolute Gasteiger partial charge is 0.462 e. The summed E-state index contributed by atoms with van der Waals surface area (Å²) in [6.07, 6.45) is 2.70. The van der Waals surface area contributed by atoms with Crippen molar-refractivity contribution in [2.75, 3.05) is 6.61 Å². The standard InChI is InChI=1S/C22H24N4O3S/c1-5-29-21(28)18-12(2)19(24-13(18)3)20(27)14(4)30-22-25-16-9-7-6-8-15(16)17-10-11-23-26(17)22/h6-9,11,14,17,24H,5,10H2,1-4H3/t14-,17-/m0/s1. The molecule has 1 N–H and O–H groups in total. The number of benzene rings is 1. The highest BCUT2D eigenvalue weighted by Gasteiger charge is 2.35. The molecule has 2 aliphatic rings. The molecule has 30 heavy (non-hydrogen) atoms. The fraction of sp³-hybridized carbons (Fsp3) is 0.364. The SMILES string of the molecule is CCOC(=O)c1c(C)[nH]c(C(=O)[C@H](C)SC2=Nc3ccccc3[C@@H]3CC=NN23)c1C. The van der Waals surface area contributed by atoms with E-state index in [1.807, 2.05) is 36.3 Å². The maximum absolute atomic E-state index is 13.2. The molecule has 0 saturated carbocycles. The molecule has 0 radical (unpaired) electrons. The molecule has 3 heterocycles. The van der Waals surface area contributed by atoms with Gasteiger partial charge in [-0.05, 0) is 39.3 Å². The Morgan fingerprint density at radius 1 is 1.33 bits per heavy atom. The number of nitrogens with zero attached hydrogens (tertiary/aromatic N) is 3. The fourth-order valence-electron chi connectivity index (χ4n) is 3.88. The van der Waals surface area contributed by atoms with Gasteiger partial charge in [-0.1, -0.05) is 30.0 Å². The molecule has 1 aromatic heterocycles. The van der Waals surface area contributed by atoms with E-state index in [-0.39, 0.29) is 18.4 Å². The molecule has 0 bridgehead atoms. The third-order valence-electron chi connectivity index (χ3n) is 5.35. The third-order valence-corrected chi connectivity index (χ3v) is 6.41. The first-order valence-electron chi connectivity index (χ1n) is 9.98. The maximum atomic E-state index is 13.2. The number of aryl methyl sites for hydroxylation is 1. The molecule has 1 aromatic carbocycles. The molecule has 0 fully saturated rings. The smallest absolute Gasteiger partial charge is 0.340 e. The zero-order valence-electron chi connectivity index (χ0n) is 17.4. The number of H-pyrrole nitrogens is 1. The normalized spacial score (nSPS) is 17.9. The first kappa shape index (κ1) is 20.4. The van der Waals surface area contributed by atoms with Gasteiger partial charge >= 0.3 is 5.97 Å². The molecule has 0 aliphatic carbocycles. The molecular weight excluding hydrogens is 400 g/mol. The van der Waals surface area contributed by atoms with Crippen LogP contribution in [0.2, 0.25) is 0 Å². The zero-order valence-corrected chi connectivity index (χ0v) is 18.2. The first-order chi connectivity index (χ1) is 14.4. The van der Waals surface area contributed by atoms with E-state index >= 15 is 0 Å². The number of hydrazone groups is 1. The molecule has 2 aromatic rings. The number of thioether (sulfide) groups is 1. The van der Waals surface area contributed by atoms with E-state index in [9.17, 15) is 9.59 Å². The summed E-state index contributed by atoms with van der Waals surface area (Å²) in [6, 6.07) is 8.15. The number of amidine groups is 1. The van der Waals surface area contributed by atoms with Gasteiger partial charge in [-0.3, -0.25) is 4.79 Å². The topological polar surface area (TPSA) is 87.1 Å². The molecule has 2 atom stereocenters. The van der Waals surface area contributed by atoms with Gasteiger partial charge in [0.2, 0.25) is 0 Å². The average Bonchev–Trinajstić information content (AvgIpc) is 3.32. The van der Waals surface area contributed by atoms with Crippen molar-refractivity contribution in [3.63, 3.8) is 0 Å². The van der Waals surface area contributed by atoms with Gasteiger partial charge in [-0.15, -0.1) is 0 Å². The van der Waals surface area contributed by atoms with Gasteiger partial charge in [0.25, 0.3) is 0 Å². The van der Waals surface area contributed by atoms with Crippen molar-refractivity contribution >= 4 is 40.6 Å². The quantitative estimate of drug-likeness (QED) is 0.562. The Morgan fingerprint density at radius 3 is 2.87 bits per heavy atom. The number of carbonyl (C=O) groups is 2. The number of aromatic nitrogens is 1. The Morgan fingerprint density at radius 2 is 2.10 bits per heavy atom. The Kier molecular flexibility index (Phi) is 5.51. The van der Waals surface area contributed by atoms with Crippen molar-refractivity contribution in [1.29, 1.82) is 0 Å². The molecule has 0 unspecified atom stereocenters. The Hall–Kier alpha value is -2.87. The monoisotopic (exact) mass is 424 g/mol. The summed E-state index contributed by atoms with van der Waals surface area (Å²) < 4.78 is 5.13. The molecule has 156 valence electrons. The van der Waals surface area contributed by atoms with Crippen LogP contribution < -0.4 is 0 Å². The van der Waals surface area contributed by atoms with E-state index in [0.29, 0.717) is 27.7 Å². The van der Waals surface area contributed by atoms with Crippen LogP contribution in [0.5, 0.6) is 0 Å². The van der Waals surface area contributed by atoms with E-state index in [1.54, 1.807) is 20.8 Å². The van der Waals surface area contributed by atoms with E-state index in [4.69, 9.17) is 9.73 Å². The van der Waals surface area contributed by atoms with Gasteiger partial charge < -0.3 is 9.72 Å². The van der Waals surface area contributed by atoms with Gasteiger partial charge in [0, 0.05) is 23.9 Å². The summed E-state index contributed by atoms with van der Waals surface area (Å²) in [5, 5.41) is 6.68. The van der Waals surface area contributed by atoms with Crippen molar-refractivity contribution in [3.8, 4) is 0 Å². The second-order valence-corrected chi connectivity index (χ2v) is 8.63. The van der Waals surface area contributed by atoms with Gasteiger partial charge in [-0.2, -0.15) is 5.10 Å². The third kappa shape index (κ3) is 3.45. The van der Waals surface area contributed by atoms with Crippen LogP contribution in [0.1, 0.15) is 64.0 Å². The van der Waals surface area contributed by atoms with Gasteiger partial charge in [0.1, 0.15) is 0 Å². The second-order valence-electron chi connectivity index (χ2n) is 7.32. The predicted octanol–water partition coefficient (Wildman–Crippen LogP) is 4.55. The van der Waals surface area contributed by atoms with Crippen molar-refractivity contribution in [3.05, 3.63) is 52.3 Å². The highest BCUT2D eigenvalue weighted by Crippen LogP contribution is 2.41. The number of esters is 1. The van der Waals surface area contributed by atoms with Crippen LogP contribution in [-0.4, -0.2) is 45.0 Å². The molecule has 0 amide bonds. The number of hydrogen-bond acceptors (Lipinski definition) is 7. The number of ketones is 1. The minimum Gasteiger partial charge on any atom is -0.462 e. The van der Waals surface area contributed by atoms with E-state index in [0.717, 1.165) is 17.7 Å². The highest BCUT2D eigenvalue weighted by molar-refractivity contribution is 8.14. The number of hydrogen-bond donors (Lipinski definition) is 1. The summed E-state index contributed by atoms with van der Waals surface area (Å²) >= 11 is 1.38. The average molecular weight is 425 g/mol. The lowest BCUT2D eigenvalue weighted by Gasteiger charge is -2.30. The number of nitrogens with one attached hydrogen (secondary N) is 1. The van der Waals surface area contributed by atoms with E-state index < -0.39 is 11.2 Å². The Labute approximate surface area is 179 Å². The van der Waals surface area contributed by atoms with E-state index in [2.05, 4.69) is 16.2 Å². The lowest BCUT2D eigenvalue weighted by atomic mass is 10.0. The molecule has 0 spiro atoms. The number of Topliss-reactive ketones (excluding diaryl/α,β-unsaturated/α-hetero) is 1. The molecule has 8 heteroatoms. The van der Waals surface area contributed by atoms with Crippen LogP contribution in [0.15, 0.2) is 34.4 Å². The van der Waals surface area contributed by atoms with Crippen LogP contribution in [0.4, 0.5) is 5.69 Å². The molecule has 7 nitrogen and oxygen atoms in total. The molecular formula is C22H24N4O3S. The molecule has 2 aliphatic heterocycles. The van der Waals surface area contributed by atoms with Crippen LogP contribution in [0, 0.1) is 13.8 Å². The van der Waals surface area contributed by atoms with Crippen LogP contribution in [0.3, 0.4) is 0 Å². The number of carbonyl (C=O) groups excluding carboxylic acids is 2. The van der Waals surface area contributed by atoms with Gasteiger partial charge in [0.05, 0.1) is 34.8 Å². The fourth-order valence-corrected chi connectivity index (χ4v) is 4.86. The Bertz CT molecular complexity index is 1070. The second kappa shape index (κ2) is 8.10. The van der Waals surface area contributed by atoms with Crippen LogP contribution >= 0.6 is 11.8 Å². The minimum atomic E-state index is -0.411. The first-order valence-corrected chi connectivity index (χ1v) is 10.9. The number of aromatic amines is 1. The van der Waals surface area contributed by atoms with Gasteiger partial charge in [-0.25, -0.2) is 14.8 Å². The maximum Gasteiger partial charge on any atom is 0.340 e. The lowest BCUT2D eigenvalue weighted by Crippen LogP contribution is -2.30. The van der Waals surface area contributed by atoms with Crippen molar-refractivity contribution in [2.24, 2.45) is 10.1 Å². The summed E-state index contributed by atoms with van der Waals surface area (Å²) in [6.45, 7) is 7.45. The summed E-state index contributed by atoms with van der Waals surface area (Å²) in [4.78, 5) is 33.3. The zero-order chi connectivity index (χ0) is 21.4. The van der Waals surface area contributed by atoms with E-state index in [1.165, 1.54) is 11.8 Å². The van der Waals surface area contributed by atoms with Crippen LogP contribution in [-0.2, 0) is 4.74 Å². The van der Waals surface area contributed by atoms with Crippen molar-refractivity contribution < 1.29 is 14.3 Å². The number of fused-ring (bicyclic) bond motifs is 3. The Balaban J connectivity index is 1.59. The van der Waals surface area contributed by atoms with Crippen LogP contribution in [0.25, 0.3) is 0 Å². The predicted molar refractivity (Wildman–Crippen MR) is 119 cm³/mol. The molecule has 4 rings (SSSR count). The van der Waals surface area contributed by atoms with Crippen molar-refractivity contribution in [1.82, 2.24) is 9.99 Å². The summed E-state index contributed by atoms with van der Waals surface area (Å²) in [5.74, 6) is -0.497. The van der Waals surface area contributed by atoms with Gasteiger partial charge in [0.15, 0.2) is 11.0 Å². The highest BCUT2D eigenvalue weighted by atomic mass is 32.2. The number of aliphatic imine (C=N–C) groups is 1. The summed E-state index contributed by atoms with van der Waals surface area (Å²) in [7, 11) is 0. The minimum absolute atomic E-state index is 0.0857. The van der Waals surface area contributed by atoms with Crippen molar-refractivity contribution in [2.45, 2.75) is 45.4 Å². The lowest BCUT2D eigenvalue weighted by molar-refractivity contribution is 0.0525.